The minimum atomic E-state index is -3.88. The van der Waals surface area contributed by atoms with Gasteiger partial charge in [-0.3, -0.25) is 4.79 Å². The summed E-state index contributed by atoms with van der Waals surface area (Å²) >= 11 is 9.06. The minimum Gasteiger partial charge on any atom is -0.493 e. The molecule has 0 fully saturated rings. The van der Waals surface area contributed by atoms with E-state index in [1.807, 2.05) is 0 Å². The lowest BCUT2D eigenvalue weighted by Gasteiger charge is -2.10. The Kier molecular flexibility index (Phi) is 8.99. The van der Waals surface area contributed by atoms with Crippen LogP contribution in [0, 0.1) is 0 Å². The van der Waals surface area contributed by atoms with Crippen LogP contribution in [-0.4, -0.2) is 40.2 Å². The number of nitrogens with one attached hydrogen (secondary N) is 2. The average molecular weight is 581 g/mol. The first-order valence-corrected chi connectivity index (χ1v) is 12.6. The van der Waals surface area contributed by atoms with Crippen LogP contribution in [0.2, 0.25) is 5.02 Å². The van der Waals surface area contributed by atoms with Crippen LogP contribution >= 0.6 is 27.5 Å². The summed E-state index contributed by atoms with van der Waals surface area (Å²) in [7, 11) is -2.46. The van der Waals surface area contributed by atoms with Gasteiger partial charge in [0.2, 0.25) is 10.0 Å². The lowest BCUT2D eigenvalue weighted by molar-refractivity contribution is -0.119. The highest BCUT2D eigenvalue weighted by Gasteiger charge is 2.15. The lowest BCUT2D eigenvalue weighted by atomic mass is 10.2. The Morgan fingerprint density at radius 3 is 2.49 bits per heavy atom. The second-order valence-corrected chi connectivity index (χ2v) is 10.0. The smallest absolute Gasteiger partial charge is 0.343 e. The van der Waals surface area contributed by atoms with E-state index in [1.54, 1.807) is 36.4 Å². The number of ether oxygens (including phenoxy) is 2. The van der Waals surface area contributed by atoms with E-state index in [2.05, 4.69) is 31.2 Å². The summed E-state index contributed by atoms with van der Waals surface area (Å²) in [5.74, 6) is -0.751. The van der Waals surface area contributed by atoms with Gasteiger partial charge >= 0.3 is 5.97 Å². The summed E-state index contributed by atoms with van der Waals surface area (Å²) in [4.78, 5) is 24.3. The van der Waals surface area contributed by atoms with E-state index in [0.717, 1.165) is 4.47 Å². The molecule has 3 aromatic carbocycles. The Balaban J connectivity index is 1.57. The molecule has 0 unspecified atom stereocenters. The number of benzene rings is 3. The van der Waals surface area contributed by atoms with Gasteiger partial charge in [0.15, 0.2) is 11.5 Å². The number of amides is 1. The van der Waals surface area contributed by atoms with E-state index in [9.17, 15) is 18.0 Å². The van der Waals surface area contributed by atoms with E-state index >= 15 is 0 Å². The van der Waals surface area contributed by atoms with Crippen LogP contribution in [0.25, 0.3) is 0 Å². The van der Waals surface area contributed by atoms with E-state index in [1.165, 1.54) is 43.7 Å². The Labute approximate surface area is 215 Å². The van der Waals surface area contributed by atoms with Crippen molar-refractivity contribution in [2.75, 3.05) is 13.7 Å². The summed E-state index contributed by atoms with van der Waals surface area (Å²) in [6, 6.07) is 17.0. The number of hydrogen-bond acceptors (Lipinski definition) is 7. The summed E-state index contributed by atoms with van der Waals surface area (Å²) < 4.78 is 38.0. The molecule has 0 radical (unpaired) electrons. The molecule has 9 nitrogen and oxygen atoms in total. The third-order valence-electron chi connectivity index (χ3n) is 4.40. The molecule has 1 amide bonds. The summed E-state index contributed by atoms with van der Waals surface area (Å²) in [6.45, 7) is -0.518. The van der Waals surface area contributed by atoms with Crippen molar-refractivity contribution in [3.63, 3.8) is 0 Å². The van der Waals surface area contributed by atoms with Crippen LogP contribution in [0.3, 0.4) is 0 Å². The van der Waals surface area contributed by atoms with E-state index in [4.69, 9.17) is 21.1 Å². The topological polar surface area (TPSA) is 123 Å². The van der Waals surface area contributed by atoms with Crippen molar-refractivity contribution in [3.8, 4) is 11.5 Å². The van der Waals surface area contributed by atoms with Crippen LogP contribution in [0.15, 0.2) is 81.2 Å². The molecule has 0 aromatic heterocycles. The molecule has 3 aromatic rings. The van der Waals surface area contributed by atoms with E-state index < -0.39 is 28.4 Å². The van der Waals surface area contributed by atoms with Crippen molar-refractivity contribution in [2.45, 2.75) is 4.90 Å². The van der Waals surface area contributed by atoms with Crippen molar-refractivity contribution in [1.29, 1.82) is 0 Å². The number of carbonyl (C=O) groups is 2. The summed E-state index contributed by atoms with van der Waals surface area (Å²) in [6.07, 6.45) is 1.33. The maximum absolute atomic E-state index is 12.4. The van der Waals surface area contributed by atoms with Gasteiger partial charge in [0.05, 0.1) is 30.3 Å². The molecule has 0 aliphatic heterocycles. The Morgan fingerprint density at radius 2 is 1.80 bits per heavy atom. The lowest BCUT2D eigenvalue weighted by Crippen LogP contribution is -2.34. The van der Waals surface area contributed by atoms with Gasteiger partial charge in [-0.1, -0.05) is 33.6 Å². The quantitative estimate of drug-likeness (QED) is 0.172. The van der Waals surface area contributed by atoms with Crippen molar-refractivity contribution in [3.05, 3.63) is 87.4 Å². The predicted octanol–water partition coefficient (Wildman–Crippen LogP) is 3.76. The number of hydrogen-bond donors (Lipinski definition) is 2. The third kappa shape index (κ3) is 7.62. The fraction of sp³-hybridized carbons (Fsp3) is 0.0870. The van der Waals surface area contributed by atoms with Gasteiger partial charge in [0.25, 0.3) is 5.91 Å². The molecule has 0 saturated carbocycles. The average Bonchev–Trinajstić information content (AvgIpc) is 2.84. The van der Waals surface area contributed by atoms with Gasteiger partial charge in [-0.15, -0.1) is 0 Å². The molecule has 0 bridgehead atoms. The molecule has 0 spiro atoms. The van der Waals surface area contributed by atoms with Gasteiger partial charge in [0.1, 0.15) is 0 Å². The fourth-order valence-electron chi connectivity index (χ4n) is 2.70. The first-order chi connectivity index (χ1) is 16.7. The molecule has 0 atom stereocenters. The molecule has 3 rings (SSSR count). The summed E-state index contributed by atoms with van der Waals surface area (Å²) in [5.41, 5.74) is 3.12. The zero-order chi connectivity index (χ0) is 25.4. The third-order valence-corrected chi connectivity index (χ3v) is 6.56. The molecule has 12 heteroatoms. The molecule has 2 N–H and O–H groups in total. The normalized spacial score (nSPS) is 11.3. The van der Waals surface area contributed by atoms with Crippen LogP contribution in [0.5, 0.6) is 11.5 Å². The Bertz CT molecular complexity index is 1360. The monoisotopic (exact) mass is 579 g/mol. The van der Waals surface area contributed by atoms with Gasteiger partial charge in [0, 0.05) is 9.50 Å². The standard InChI is InChI=1S/C23H19BrClN3O6S/c1-33-21-11-15(5-10-20(21)34-23(30)16-3-2-4-17(24)12-16)13-26-28-22(29)14-27-35(31,32)19-8-6-18(25)7-9-19/h2-13,27H,14H2,1H3,(H,28,29)/b26-13+. The van der Waals surface area contributed by atoms with Crippen molar-refractivity contribution in [1.82, 2.24) is 10.1 Å². The maximum Gasteiger partial charge on any atom is 0.343 e. The highest BCUT2D eigenvalue weighted by Crippen LogP contribution is 2.28. The Morgan fingerprint density at radius 1 is 1.06 bits per heavy atom. The first-order valence-electron chi connectivity index (χ1n) is 9.91. The molecular weight excluding hydrogens is 562 g/mol. The number of rotatable bonds is 9. The Hall–Kier alpha value is -3.25. The van der Waals surface area contributed by atoms with Crippen molar-refractivity contribution >= 4 is 55.6 Å². The fourth-order valence-corrected chi connectivity index (χ4v) is 4.21. The molecule has 182 valence electrons. The molecular formula is C23H19BrClN3O6S. The van der Waals surface area contributed by atoms with Gasteiger partial charge in [-0.25, -0.2) is 23.4 Å². The van der Waals surface area contributed by atoms with Crippen LogP contribution < -0.4 is 19.6 Å². The van der Waals surface area contributed by atoms with Gasteiger partial charge < -0.3 is 9.47 Å². The molecule has 35 heavy (non-hydrogen) atoms. The number of nitrogens with zero attached hydrogens (tertiary/aromatic N) is 1. The zero-order valence-electron chi connectivity index (χ0n) is 18.2. The van der Waals surface area contributed by atoms with Crippen molar-refractivity contribution in [2.24, 2.45) is 5.10 Å². The minimum absolute atomic E-state index is 0.0222. The predicted molar refractivity (Wildman–Crippen MR) is 134 cm³/mol. The van der Waals surface area contributed by atoms with Crippen LogP contribution in [-0.2, 0) is 14.8 Å². The molecule has 0 saturated heterocycles. The molecule has 0 aliphatic rings. The highest BCUT2D eigenvalue weighted by molar-refractivity contribution is 9.10. The number of hydrazone groups is 1. The number of halogens is 2. The summed E-state index contributed by atoms with van der Waals surface area (Å²) in [5, 5.41) is 4.20. The van der Waals surface area contributed by atoms with Crippen LogP contribution in [0.1, 0.15) is 15.9 Å². The van der Waals surface area contributed by atoms with E-state index in [0.29, 0.717) is 16.1 Å². The SMILES string of the molecule is COc1cc(/C=N/NC(=O)CNS(=O)(=O)c2ccc(Cl)cc2)ccc1OC(=O)c1cccc(Br)c1. The number of sulfonamides is 1. The second-order valence-electron chi connectivity index (χ2n) is 6.88. The van der Waals surface area contributed by atoms with E-state index in [-0.39, 0.29) is 16.4 Å². The second kappa shape index (κ2) is 11.9. The molecule has 0 aliphatic carbocycles. The maximum atomic E-state index is 12.4. The van der Waals surface area contributed by atoms with Crippen molar-refractivity contribution < 1.29 is 27.5 Å². The zero-order valence-corrected chi connectivity index (χ0v) is 21.4. The largest absolute Gasteiger partial charge is 0.493 e. The van der Waals surface area contributed by atoms with Crippen LogP contribution in [0.4, 0.5) is 0 Å². The van der Waals surface area contributed by atoms with Gasteiger partial charge in [-0.05, 0) is 66.2 Å². The highest BCUT2D eigenvalue weighted by atomic mass is 79.9. The number of methoxy groups -OCH3 is 1. The number of esters is 1. The number of carbonyl (C=O) groups excluding carboxylic acids is 2. The van der Waals surface area contributed by atoms with Gasteiger partial charge in [-0.2, -0.15) is 5.10 Å². The molecule has 0 heterocycles. The first kappa shape index (κ1) is 26.4.